The molecule has 0 aliphatic heterocycles. The number of ether oxygens (including phenoxy) is 3. The van der Waals surface area contributed by atoms with Crippen LogP contribution in [-0.2, 0) is 6.42 Å². The Morgan fingerprint density at radius 1 is 1.00 bits per heavy atom. The Balaban J connectivity index is 2.30. The minimum absolute atomic E-state index is 0.333. The molecule has 2 rings (SSSR count). The molecular weight excluding hydrogens is 314 g/mol. The van der Waals surface area contributed by atoms with E-state index in [1.165, 1.54) is 0 Å². The smallest absolute Gasteiger partial charge is 0.137 e. The first kappa shape index (κ1) is 17.0. The summed E-state index contributed by atoms with van der Waals surface area (Å²) in [6.45, 7) is 0. The number of rotatable bonds is 6. The highest BCUT2D eigenvalue weighted by Gasteiger charge is 2.16. The zero-order valence-electron chi connectivity index (χ0n) is 13.3. The quantitative estimate of drug-likeness (QED) is 0.795. The number of hydrogen-bond donors (Lipinski definition) is 0. The predicted molar refractivity (Wildman–Crippen MR) is 89.6 cm³/mol. The summed E-state index contributed by atoms with van der Waals surface area (Å²) in [6.07, 6.45) is 0.520. The first-order valence-corrected chi connectivity index (χ1v) is 7.44. The molecular formula is C18H18ClNO3. The van der Waals surface area contributed by atoms with Crippen molar-refractivity contribution in [1.82, 2.24) is 0 Å². The monoisotopic (exact) mass is 331 g/mol. The van der Waals surface area contributed by atoms with Crippen molar-refractivity contribution in [2.75, 3.05) is 21.3 Å². The van der Waals surface area contributed by atoms with Crippen LogP contribution in [0.2, 0.25) is 5.02 Å². The molecule has 4 nitrogen and oxygen atoms in total. The largest absolute Gasteiger partial charge is 0.497 e. The second kappa shape index (κ2) is 7.75. The van der Waals surface area contributed by atoms with Crippen molar-refractivity contribution in [1.29, 1.82) is 5.26 Å². The van der Waals surface area contributed by atoms with Crippen molar-refractivity contribution < 1.29 is 14.2 Å². The molecule has 0 spiro atoms. The summed E-state index contributed by atoms with van der Waals surface area (Å²) in [5.74, 6) is 1.67. The van der Waals surface area contributed by atoms with Crippen molar-refractivity contribution in [3.05, 3.63) is 52.5 Å². The number of benzene rings is 2. The number of nitriles is 1. The van der Waals surface area contributed by atoms with E-state index in [1.54, 1.807) is 33.5 Å². The Kier molecular flexibility index (Phi) is 5.72. The molecule has 0 aromatic heterocycles. The molecule has 0 fully saturated rings. The lowest BCUT2D eigenvalue weighted by Gasteiger charge is -2.15. The Morgan fingerprint density at radius 2 is 1.74 bits per heavy atom. The lowest BCUT2D eigenvalue weighted by atomic mass is 9.92. The molecule has 120 valence electrons. The molecule has 0 saturated heterocycles. The van der Waals surface area contributed by atoms with E-state index < -0.39 is 0 Å². The first-order valence-electron chi connectivity index (χ1n) is 7.06. The number of nitrogens with zero attached hydrogens (tertiary/aromatic N) is 1. The fourth-order valence-electron chi connectivity index (χ4n) is 2.38. The van der Waals surface area contributed by atoms with E-state index in [4.69, 9.17) is 25.8 Å². The van der Waals surface area contributed by atoms with Gasteiger partial charge < -0.3 is 14.2 Å². The molecule has 5 heteroatoms. The fourth-order valence-corrected chi connectivity index (χ4v) is 2.64. The standard InChI is InChI=1S/C18H18ClNO3/c1-21-15-6-4-13(18(10-15)23-3)8-14(11-20)12-5-7-17(22-2)16(19)9-12/h4-7,9-10,14H,8H2,1-3H3. The summed E-state index contributed by atoms with van der Waals surface area (Å²) in [5, 5.41) is 10.0. The van der Waals surface area contributed by atoms with E-state index in [9.17, 15) is 5.26 Å². The van der Waals surface area contributed by atoms with Crippen molar-refractivity contribution in [3.63, 3.8) is 0 Å². The first-order chi connectivity index (χ1) is 11.1. The van der Waals surface area contributed by atoms with Gasteiger partial charge in [-0.25, -0.2) is 0 Å². The molecule has 0 aliphatic rings. The van der Waals surface area contributed by atoms with Crippen LogP contribution in [0.25, 0.3) is 0 Å². The lowest BCUT2D eigenvalue weighted by molar-refractivity contribution is 0.390. The summed E-state index contributed by atoms with van der Waals surface area (Å²) in [6, 6.07) is 13.3. The molecule has 2 aromatic carbocycles. The van der Waals surface area contributed by atoms with Gasteiger partial charge in [0.15, 0.2) is 0 Å². The van der Waals surface area contributed by atoms with Crippen LogP contribution in [0.1, 0.15) is 17.0 Å². The zero-order chi connectivity index (χ0) is 16.8. The van der Waals surface area contributed by atoms with E-state index in [2.05, 4.69) is 6.07 Å². The van der Waals surface area contributed by atoms with Gasteiger partial charge >= 0.3 is 0 Å². The van der Waals surface area contributed by atoms with Crippen LogP contribution in [0.15, 0.2) is 36.4 Å². The zero-order valence-corrected chi connectivity index (χ0v) is 14.1. The molecule has 0 amide bonds. The van der Waals surface area contributed by atoms with Crippen molar-refractivity contribution in [3.8, 4) is 23.3 Å². The average Bonchev–Trinajstić information content (AvgIpc) is 2.59. The molecule has 0 saturated carbocycles. The third-order valence-corrected chi connectivity index (χ3v) is 3.95. The maximum absolute atomic E-state index is 9.53. The molecule has 0 N–H and O–H groups in total. The van der Waals surface area contributed by atoms with Gasteiger partial charge in [-0.15, -0.1) is 0 Å². The third-order valence-electron chi connectivity index (χ3n) is 3.65. The van der Waals surface area contributed by atoms with Crippen LogP contribution in [0, 0.1) is 11.3 Å². The van der Waals surface area contributed by atoms with Crippen LogP contribution >= 0.6 is 11.6 Å². The van der Waals surface area contributed by atoms with Crippen LogP contribution in [0.5, 0.6) is 17.2 Å². The van der Waals surface area contributed by atoms with Crippen LogP contribution in [0.4, 0.5) is 0 Å². The van der Waals surface area contributed by atoms with Gasteiger partial charge in [-0.1, -0.05) is 23.7 Å². The third kappa shape index (κ3) is 3.88. The number of methoxy groups -OCH3 is 3. The summed E-state index contributed by atoms with van der Waals surface area (Å²) >= 11 is 6.16. The molecule has 2 aromatic rings. The molecule has 0 radical (unpaired) electrons. The predicted octanol–water partition coefficient (Wildman–Crippen LogP) is 4.22. The highest BCUT2D eigenvalue weighted by molar-refractivity contribution is 6.32. The van der Waals surface area contributed by atoms with E-state index in [0.29, 0.717) is 28.7 Å². The second-order valence-corrected chi connectivity index (χ2v) is 5.36. The van der Waals surface area contributed by atoms with E-state index >= 15 is 0 Å². The van der Waals surface area contributed by atoms with Gasteiger partial charge in [0, 0.05) is 6.07 Å². The second-order valence-electron chi connectivity index (χ2n) is 4.96. The van der Waals surface area contributed by atoms with Gasteiger partial charge in [-0.3, -0.25) is 0 Å². The summed E-state index contributed by atoms with van der Waals surface area (Å²) in [5.41, 5.74) is 1.78. The van der Waals surface area contributed by atoms with Crippen LogP contribution < -0.4 is 14.2 Å². The van der Waals surface area contributed by atoms with Gasteiger partial charge in [0.25, 0.3) is 0 Å². The van der Waals surface area contributed by atoms with E-state index in [1.807, 2.05) is 24.3 Å². The lowest BCUT2D eigenvalue weighted by Crippen LogP contribution is -2.03. The minimum Gasteiger partial charge on any atom is -0.497 e. The Labute approximate surface area is 141 Å². The van der Waals surface area contributed by atoms with Crippen molar-refractivity contribution >= 4 is 11.6 Å². The average molecular weight is 332 g/mol. The summed E-state index contributed by atoms with van der Waals surface area (Å²) in [4.78, 5) is 0. The molecule has 1 unspecified atom stereocenters. The van der Waals surface area contributed by atoms with Gasteiger partial charge in [-0.05, 0) is 35.7 Å². The molecule has 1 atom stereocenters. The van der Waals surface area contributed by atoms with Gasteiger partial charge in [0.2, 0.25) is 0 Å². The molecule has 0 bridgehead atoms. The van der Waals surface area contributed by atoms with Crippen LogP contribution in [-0.4, -0.2) is 21.3 Å². The van der Waals surface area contributed by atoms with Gasteiger partial charge in [0.1, 0.15) is 17.2 Å². The topological polar surface area (TPSA) is 51.5 Å². The Bertz CT molecular complexity index is 725. The summed E-state index contributed by atoms with van der Waals surface area (Å²) in [7, 11) is 4.76. The molecule has 23 heavy (non-hydrogen) atoms. The molecule has 0 heterocycles. The number of hydrogen-bond acceptors (Lipinski definition) is 4. The van der Waals surface area contributed by atoms with Gasteiger partial charge in [-0.2, -0.15) is 5.26 Å². The highest BCUT2D eigenvalue weighted by atomic mass is 35.5. The summed E-state index contributed by atoms with van der Waals surface area (Å²) < 4.78 is 15.7. The van der Waals surface area contributed by atoms with Crippen molar-refractivity contribution in [2.24, 2.45) is 0 Å². The highest BCUT2D eigenvalue weighted by Crippen LogP contribution is 2.32. The van der Waals surface area contributed by atoms with Crippen LogP contribution in [0.3, 0.4) is 0 Å². The minimum atomic E-state index is -0.333. The van der Waals surface area contributed by atoms with E-state index in [0.717, 1.165) is 11.1 Å². The van der Waals surface area contributed by atoms with Gasteiger partial charge in [0.05, 0.1) is 38.3 Å². The fraction of sp³-hybridized carbons (Fsp3) is 0.278. The Morgan fingerprint density at radius 3 is 2.30 bits per heavy atom. The number of halogens is 1. The van der Waals surface area contributed by atoms with E-state index in [-0.39, 0.29) is 5.92 Å². The van der Waals surface area contributed by atoms with Crippen molar-refractivity contribution in [2.45, 2.75) is 12.3 Å². The Hall–Kier alpha value is -2.38. The SMILES string of the molecule is COc1ccc(CC(C#N)c2ccc(OC)c(Cl)c2)c(OC)c1. The normalized spacial score (nSPS) is 11.4. The maximum Gasteiger partial charge on any atom is 0.137 e. The molecule has 0 aliphatic carbocycles. The maximum atomic E-state index is 9.53.